The van der Waals surface area contributed by atoms with E-state index in [1.165, 1.54) is 6.20 Å². The fourth-order valence-electron chi connectivity index (χ4n) is 6.68. The Bertz CT molecular complexity index is 1770. The first-order valence-corrected chi connectivity index (χ1v) is 14.7. The van der Waals surface area contributed by atoms with E-state index >= 15 is 0 Å². The Morgan fingerprint density at radius 3 is 2.74 bits per heavy atom. The number of aromatic nitrogens is 4. The number of imide groups is 1. The Hall–Kier alpha value is -4.54. The fourth-order valence-corrected chi connectivity index (χ4v) is 6.68. The monoisotopic (exact) mass is 567 g/mol. The molecule has 214 valence electrons. The van der Waals surface area contributed by atoms with Gasteiger partial charge in [-0.15, -0.1) is 0 Å². The average molecular weight is 568 g/mol. The zero-order chi connectivity index (χ0) is 28.5. The van der Waals surface area contributed by atoms with Crippen LogP contribution in [0.3, 0.4) is 0 Å². The van der Waals surface area contributed by atoms with Gasteiger partial charge in [-0.3, -0.25) is 29.4 Å². The number of carbonyl (C=O) groups is 3. The van der Waals surface area contributed by atoms with E-state index < -0.39 is 11.9 Å². The van der Waals surface area contributed by atoms with Crippen molar-refractivity contribution in [3.05, 3.63) is 65.5 Å². The van der Waals surface area contributed by atoms with E-state index in [1.54, 1.807) is 11.1 Å². The Balaban J connectivity index is 0.922. The van der Waals surface area contributed by atoms with Crippen molar-refractivity contribution in [1.29, 1.82) is 0 Å². The Kier molecular flexibility index (Phi) is 5.70. The van der Waals surface area contributed by atoms with Crippen molar-refractivity contribution in [3.8, 4) is 11.3 Å². The molecule has 8 rings (SSSR count). The maximum absolute atomic E-state index is 14.3. The minimum Gasteiger partial charge on any atom is -0.385 e. The number of nitrogens with zero attached hydrogens (tertiary/aromatic N) is 4. The third-order valence-electron chi connectivity index (χ3n) is 9.24. The minimum absolute atomic E-state index is 0.166. The van der Waals surface area contributed by atoms with Gasteiger partial charge in [-0.05, 0) is 61.8 Å². The third-order valence-corrected chi connectivity index (χ3v) is 9.24. The van der Waals surface area contributed by atoms with Crippen molar-refractivity contribution >= 4 is 34.3 Å². The van der Waals surface area contributed by atoms with Gasteiger partial charge >= 0.3 is 0 Å². The molecule has 42 heavy (non-hydrogen) atoms. The molecule has 1 unspecified atom stereocenters. The summed E-state index contributed by atoms with van der Waals surface area (Å²) < 4.78 is 16.3. The summed E-state index contributed by atoms with van der Waals surface area (Å²) in [7, 11) is 0. The molecule has 10 nitrogen and oxygen atoms in total. The van der Waals surface area contributed by atoms with E-state index in [1.807, 2.05) is 24.3 Å². The average Bonchev–Trinajstić information content (AvgIpc) is 3.36. The first kappa shape index (κ1) is 25.2. The molecule has 0 spiro atoms. The highest BCUT2D eigenvalue weighted by molar-refractivity contribution is 6.05. The number of amides is 3. The van der Waals surface area contributed by atoms with Gasteiger partial charge in [0.2, 0.25) is 11.8 Å². The van der Waals surface area contributed by atoms with E-state index in [0.717, 1.165) is 65.8 Å². The van der Waals surface area contributed by atoms with Crippen LogP contribution in [0.1, 0.15) is 72.1 Å². The molecule has 3 fully saturated rings. The van der Waals surface area contributed by atoms with Crippen molar-refractivity contribution in [2.75, 3.05) is 11.9 Å². The lowest BCUT2D eigenvalue weighted by molar-refractivity contribution is -0.136. The minimum atomic E-state index is -0.609. The first-order chi connectivity index (χ1) is 20.4. The molecule has 4 aromatic rings. The standard InChI is InChI=1S/C31H30FN7O3/c32-24-13-35-28(21-7-8-33-29(21)24)23-15-39(37-27(23)17-1-2-17)20-9-16(10-20)12-34-19-4-3-18-14-38(31(42)22(18)11-19)25-5-6-26(40)36-30(25)41/h3-4,7-8,11,13,15-17,20,25,33-34H,1-2,5-6,9-10,12,14H2,(H,36,40,41). The molecule has 3 aromatic heterocycles. The molecule has 0 bridgehead atoms. The van der Waals surface area contributed by atoms with Crippen LogP contribution in [-0.4, -0.2) is 55.0 Å². The van der Waals surface area contributed by atoms with Gasteiger partial charge in [-0.2, -0.15) is 5.10 Å². The quantitative estimate of drug-likeness (QED) is 0.287. The zero-order valence-corrected chi connectivity index (χ0v) is 22.9. The highest BCUT2D eigenvalue weighted by atomic mass is 19.1. The van der Waals surface area contributed by atoms with Gasteiger partial charge in [-0.25, -0.2) is 4.39 Å². The number of fused-ring (bicyclic) bond motifs is 2. The van der Waals surface area contributed by atoms with Crippen molar-refractivity contribution in [2.45, 2.75) is 63.1 Å². The largest absolute Gasteiger partial charge is 0.385 e. The number of benzene rings is 1. The molecule has 3 N–H and O–H groups in total. The van der Waals surface area contributed by atoms with Gasteiger partial charge < -0.3 is 15.2 Å². The third kappa shape index (κ3) is 4.17. The summed E-state index contributed by atoms with van der Waals surface area (Å²) in [5, 5.41) is 11.6. The van der Waals surface area contributed by atoms with Gasteiger partial charge in [0.1, 0.15) is 6.04 Å². The number of rotatable bonds is 7. The van der Waals surface area contributed by atoms with Crippen LogP contribution in [0.2, 0.25) is 0 Å². The van der Waals surface area contributed by atoms with Crippen LogP contribution in [-0.2, 0) is 16.1 Å². The van der Waals surface area contributed by atoms with E-state index in [0.29, 0.717) is 41.9 Å². The van der Waals surface area contributed by atoms with E-state index in [-0.39, 0.29) is 24.1 Å². The second-order valence-corrected chi connectivity index (χ2v) is 12.0. The molecular weight excluding hydrogens is 537 g/mol. The van der Waals surface area contributed by atoms with Gasteiger partial charge in [0.15, 0.2) is 5.82 Å². The van der Waals surface area contributed by atoms with Crippen molar-refractivity contribution in [3.63, 3.8) is 0 Å². The number of anilines is 1. The predicted octanol–water partition coefficient (Wildman–Crippen LogP) is 4.27. The number of hydrogen-bond acceptors (Lipinski definition) is 6. The highest BCUT2D eigenvalue weighted by Crippen LogP contribution is 2.46. The van der Waals surface area contributed by atoms with E-state index in [4.69, 9.17) is 5.10 Å². The molecule has 2 aliphatic carbocycles. The van der Waals surface area contributed by atoms with Crippen LogP contribution < -0.4 is 10.6 Å². The van der Waals surface area contributed by atoms with Crippen molar-refractivity contribution < 1.29 is 18.8 Å². The molecule has 1 atom stereocenters. The van der Waals surface area contributed by atoms with Crippen LogP contribution in [0.15, 0.2) is 42.9 Å². The molecule has 2 aliphatic heterocycles. The maximum Gasteiger partial charge on any atom is 0.255 e. The molecule has 1 aromatic carbocycles. The summed E-state index contributed by atoms with van der Waals surface area (Å²) in [6, 6.07) is 7.36. The number of aromatic amines is 1. The summed E-state index contributed by atoms with van der Waals surface area (Å²) >= 11 is 0. The number of nitrogens with one attached hydrogen (secondary N) is 3. The lowest BCUT2D eigenvalue weighted by Crippen LogP contribution is -2.52. The zero-order valence-electron chi connectivity index (χ0n) is 22.9. The van der Waals surface area contributed by atoms with Crippen LogP contribution in [0.5, 0.6) is 0 Å². The maximum atomic E-state index is 14.3. The van der Waals surface area contributed by atoms with Crippen LogP contribution in [0, 0.1) is 11.7 Å². The number of carbonyl (C=O) groups excluding carboxylic acids is 3. The van der Waals surface area contributed by atoms with Crippen molar-refractivity contribution in [2.24, 2.45) is 5.92 Å². The summed E-state index contributed by atoms with van der Waals surface area (Å²) in [6.07, 6.45) is 9.93. The molecule has 1 saturated heterocycles. The van der Waals surface area contributed by atoms with Crippen LogP contribution in [0.25, 0.3) is 22.2 Å². The fraction of sp³-hybridized carbons (Fsp3) is 0.387. The Morgan fingerprint density at radius 2 is 1.93 bits per heavy atom. The first-order valence-electron chi connectivity index (χ1n) is 14.7. The summed E-state index contributed by atoms with van der Waals surface area (Å²) in [5.74, 6) is -0.299. The summed E-state index contributed by atoms with van der Waals surface area (Å²) in [4.78, 5) is 46.0. The predicted molar refractivity (Wildman–Crippen MR) is 152 cm³/mol. The van der Waals surface area contributed by atoms with E-state index in [2.05, 4.69) is 31.5 Å². The molecule has 3 amide bonds. The van der Waals surface area contributed by atoms with Gasteiger partial charge in [0.05, 0.1) is 29.1 Å². The van der Waals surface area contributed by atoms with Gasteiger partial charge in [0.25, 0.3) is 5.91 Å². The molecule has 5 heterocycles. The van der Waals surface area contributed by atoms with Crippen LogP contribution in [0.4, 0.5) is 10.1 Å². The number of halogens is 1. The lowest BCUT2D eigenvalue weighted by atomic mass is 9.80. The molecule has 4 aliphatic rings. The number of hydrogen-bond donors (Lipinski definition) is 3. The van der Waals surface area contributed by atoms with E-state index in [9.17, 15) is 18.8 Å². The second-order valence-electron chi connectivity index (χ2n) is 12.0. The molecule has 2 saturated carbocycles. The number of H-pyrrole nitrogens is 1. The Morgan fingerprint density at radius 1 is 1.07 bits per heavy atom. The SMILES string of the molecule is O=C1CCC(N2Cc3ccc(NCC4CC(n5cc(-c6ncc(F)c7[nH]ccc67)c(C6CC6)n5)C4)cc3C2=O)C(=O)N1. The Labute approximate surface area is 240 Å². The lowest BCUT2D eigenvalue weighted by Gasteiger charge is -2.35. The molecule has 11 heteroatoms. The summed E-state index contributed by atoms with van der Waals surface area (Å²) in [6.45, 7) is 1.16. The molecular formula is C31H30FN7O3. The van der Waals surface area contributed by atoms with Crippen molar-refractivity contribution in [1.82, 2.24) is 30.0 Å². The normalized spacial score (nSPS) is 23.7. The number of piperidine rings is 1. The number of pyridine rings is 1. The summed E-state index contributed by atoms with van der Waals surface area (Å²) in [5.41, 5.74) is 5.70. The highest BCUT2D eigenvalue weighted by Gasteiger charge is 2.39. The van der Waals surface area contributed by atoms with Gasteiger partial charge in [0, 0.05) is 60.0 Å². The molecule has 0 radical (unpaired) electrons. The smallest absolute Gasteiger partial charge is 0.255 e. The van der Waals surface area contributed by atoms with Crippen LogP contribution >= 0.6 is 0 Å². The van der Waals surface area contributed by atoms with Gasteiger partial charge in [-0.1, -0.05) is 6.07 Å². The second kappa shape index (κ2) is 9.50. The topological polar surface area (TPSA) is 125 Å².